The summed E-state index contributed by atoms with van der Waals surface area (Å²) < 4.78 is 37.9. The summed E-state index contributed by atoms with van der Waals surface area (Å²) in [6.45, 7) is 1.21. The number of nitrogens with one attached hydrogen (secondary N) is 2. The van der Waals surface area contributed by atoms with Gasteiger partial charge in [0, 0.05) is 46.1 Å². The van der Waals surface area contributed by atoms with Crippen LogP contribution in [-0.4, -0.2) is 48.9 Å². The molecule has 0 saturated carbocycles. The van der Waals surface area contributed by atoms with Crippen LogP contribution in [0.2, 0.25) is 0 Å². The molecule has 1 aromatic heterocycles. The van der Waals surface area contributed by atoms with E-state index in [0.717, 1.165) is 17.7 Å². The van der Waals surface area contributed by atoms with Crippen molar-refractivity contribution in [2.75, 3.05) is 27.2 Å². The van der Waals surface area contributed by atoms with Crippen LogP contribution in [0.5, 0.6) is 0 Å². The Kier molecular flexibility index (Phi) is 9.86. The number of nitrogens with zero attached hydrogens (tertiary/aromatic N) is 3. The summed E-state index contributed by atoms with van der Waals surface area (Å²) in [5, 5.41) is 5.86. The van der Waals surface area contributed by atoms with Crippen molar-refractivity contribution in [1.82, 2.24) is 20.5 Å². The highest BCUT2D eigenvalue weighted by molar-refractivity contribution is 14.0. The van der Waals surface area contributed by atoms with E-state index in [4.69, 9.17) is 0 Å². The maximum absolute atomic E-state index is 12.6. The van der Waals surface area contributed by atoms with Gasteiger partial charge in [0.2, 0.25) is 0 Å². The molecule has 1 amide bonds. The van der Waals surface area contributed by atoms with E-state index in [1.807, 2.05) is 0 Å². The van der Waals surface area contributed by atoms with Crippen molar-refractivity contribution in [3.63, 3.8) is 0 Å². The first-order valence-electron chi connectivity index (χ1n) is 8.57. The molecule has 0 bridgehead atoms. The summed E-state index contributed by atoms with van der Waals surface area (Å²) in [7, 11) is 3.39. The highest BCUT2D eigenvalue weighted by Crippen LogP contribution is 2.29. The fourth-order valence-electron chi connectivity index (χ4n) is 2.48. The van der Waals surface area contributed by atoms with Crippen LogP contribution in [0.15, 0.2) is 53.8 Å². The Morgan fingerprint density at radius 3 is 2.34 bits per heavy atom. The number of carbonyl (C=O) groups is 1. The van der Waals surface area contributed by atoms with Gasteiger partial charge in [0.25, 0.3) is 5.91 Å². The monoisotopic (exact) mass is 521 g/mol. The van der Waals surface area contributed by atoms with E-state index < -0.39 is 11.7 Å². The van der Waals surface area contributed by atoms with Crippen molar-refractivity contribution in [3.8, 4) is 0 Å². The van der Waals surface area contributed by atoms with E-state index in [1.54, 1.807) is 37.3 Å². The Morgan fingerprint density at radius 1 is 1.14 bits per heavy atom. The molecule has 2 aromatic rings. The zero-order valence-corrected chi connectivity index (χ0v) is 18.4. The van der Waals surface area contributed by atoms with E-state index in [9.17, 15) is 18.0 Å². The number of amides is 1. The zero-order valence-electron chi connectivity index (χ0n) is 16.0. The summed E-state index contributed by atoms with van der Waals surface area (Å²) in [4.78, 5) is 21.8. The molecule has 0 unspecified atom stereocenters. The molecule has 0 atom stereocenters. The lowest BCUT2D eigenvalue weighted by atomic mass is 10.1. The minimum atomic E-state index is -4.34. The van der Waals surface area contributed by atoms with E-state index >= 15 is 0 Å². The number of aliphatic imine (C=N–C) groups is 1. The summed E-state index contributed by atoms with van der Waals surface area (Å²) in [6.07, 6.45) is -1.27. The zero-order chi connectivity index (χ0) is 20.6. The molecule has 0 aliphatic carbocycles. The Labute approximate surface area is 184 Å². The predicted octanol–water partition coefficient (Wildman–Crippen LogP) is 3.16. The smallest absolute Gasteiger partial charge is 0.354 e. The van der Waals surface area contributed by atoms with E-state index in [2.05, 4.69) is 20.6 Å². The number of aromatic nitrogens is 1. The number of pyridine rings is 1. The Balaban J connectivity index is 0.00000420. The van der Waals surface area contributed by atoms with Crippen LogP contribution in [0.4, 0.5) is 13.2 Å². The fraction of sp³-hybridized carbons (Fsp3) is 0.316. The van der Waals surface area contributed by atoms with Crippen LogP contribution < -0.4 is 10.6 Å². The number of guanidine groups is 1. The van der Waals surface area contributed by atoms with Crippen LogP contribution in [-0.2, 0) is 12.7 Å². The Morgan fingerprint density at radius 2 is 1.79 bits per heavy atom. The van der Waals surface area contributed by atoms with Crippen LogP contribution >= 0.6 is 24.0 Å². The predicted molar refractivity (Wildman–Crippen MR) is 116 cm³/mol. The van der Waals surface area contributed by atoms with Gasteiger partial charge in [0.1, 0.15) is 0 Å². The molecule has 29 heavy (non-hydrogen) atoms. The number of halogens is 4. The second-order valence-corrected chi connectivity index (χ2v) is 6.02. The van der Waals surface area contributed by atoms with Gasteiger partial charge in [-0.2, -0.15) is 13.2 Å². The van der Waals surface area contributed by atoms with Gasteiger partial charge in [-0.3, -0.25) is 14.8 Å². The van der Waals surface area contributed by atoms with Gasteiger partial charge in [-0.25, -0.2) is 0 Å². The molecule has 0 aliphatic rings. The Bertz CT molecular complexity index is 798. The summed E-state index contributed by atoms with van der Waals surface area (Å²) in [5.74, 6) is 0.346. The van der Waals surface area contributed by atoms with Crippen LogP contribution in [0.25, 0.3) is 0 Å². The van der Waals surface area contributed by atoms with Gasteiger partial charge in [-0.1, -0.05) is 12.1 Å². The lowest BCUT2D eigenvalue weighted by Gasteiger charge is -2.22. The average molecular weight is 521 g/mol. The third-order valence-electron chi connectivity index (χ3n) is 3.89. The minimum Gasteiger partial charge on any atom is -0.354 e. The van der Waals surface area contributed by atoms with Gasteiger partial charge in [-0.15, -0.1) is 24.0 Å². The lowest BCUT2D eigenvalue weighted by Crippen LogP contribution is -2.42. The van der Waals surface area contributed by atoms with Crippen molar-refractivity contribution in [1.29, 1.82) is 0 Å². The molecular formula is C19H23F3IN5O. The van der Waals surface area contributed by atoms with Gasteiger partial charge in [-0.05, 0) is 29.8 Å². The quantitative estimate of drug-likeness (QED) is 0.265. The molecule has 158 valence electrons. The third-order valence-corrected chi connectivity index (χ3v) is 3.89. The van der Waals surface area contributed by atoms with Crippen molar-refractivity contribution in [2.24, 2.45) is 4.99 Å². The first-order chi connectivity index (χ1) is 13.3. The standard InChI is InChI=1S/C19H22F3N5O.HI/c1-23-18(26-11-10-25-17(28)15-4-3-9-24-12-15)27(2)13-14-5-7-16(8-6-14)19(20,21)22;/h3-9,12H,10-11,13H2,1-2H3,(H,23,26)(H,25,28);1H. The van der Waals surface area contributed by atoms with Crippen molar-refractivity contribution in [3.05, 3.63) is 65.5 Å². The molecule has 1 aromatic carbocycles. The molecule has 0 spiro atoms. The molecule has 0 fully saturated rings. The first kappa shape index (κ1) is 24.7. The number of hydrogen-bond acceptors (Lipinski definition) is 3. The third kappa shape index (κ3) is 7.87. The van der Waals surface area contributed by atoms with Gasteiger partial charge < -0.3 is 15.5 Å². The molecule has 10 heteroatoms. The summed E-state index contributed by atoms with van der Waals surface area (Å²) in [6, 6.07) is 8.37. The molecule has 2 rings (SSSR count). The van der Waals surface area contributed by atoms with Crippen molar-refractivity contribution < 1.29 is 18.0 Å². The molecule has 0 saturated heterocycles. The second kappa shape index (κ2) is 11.6. The van der Waals surface area contributed by atoms with E-state index in [0.29, 0.717) is 31.2 Å². The van der Waals surface area contributed by atoms with Crippen LogP contribution in [0.3, 0.4) is 0 Å². The largest absolute Gasteiger partial charge is 0.416 e. The first-order valence-corrected chi connectivity index (χ1v) is 8.57. The van der Waals surface area contributed by atoms with Crippen LogP contribution in [0, 0.1) is 0 Å². The van der Waals surface area contributed by atoms with E-state index in [-0.39, 0.29) is 29.9 Å². The second-order valence-electron chi connectivity index (χ2n) is 6.02. The molecular weight excluding hydrogens is 498 g/mol. The SMILES string of the molecule is CN=C(NCCNC(=O)c1cccnc1)N(C)Cc1ccc(C(F)(F)F)cc1.I. The highest BCUT2D eigenvalue weighted by atomic mass is 127. The van der Waals surface area contributed by atoms with Gasteiger partial charge in [0.15, 0.2) is 5.96 Å². The average Bonchev–Trinajstić information content (AvgIpc) is 2.68. The molecule has 0 aliphatic heterocycles. The van der Waals surface area contributed by atoms with Crippen molar-refractivity contribution in [2.45, 2.75) is 12.7 Å². The van der Waals surface area contributed by atoms with Gasteiger partial charge >= 0.3 is 6.18 Å². The molecule has 2 N–H and O–H groups in total. The summed E-state index contributed by atoms with van der Waals surface area (Å²) in [5.41, 5.74) is 0.528. The fourth-order valence-corrected chi connectivity index (χ4v) is 2.48. The van der Waals surface area contributed by atoms with Gasteiger partial charge in [0.05, 0.1) is 11.1 Å². The highest BCUT2D eigenvalue weighted by Gasteiger charge is 2.29. The number of hydrogen-bond donors (Lipinski definition) is 2. The number of carbonyl (C=O) groups excluding carboxylic acids is 1. The Hall–Kier alpha value is -2.37. The lowest BCUT2D eigenvalue weighted by molar-refractivity contribution is -0.137. The maximum atomic E-state index is 12.6. The maximum Gasteiger partial charge on any atom is 0.416 e. The van der Waals surface area contributed by atoms with E-state index in [1.165, 1.54) is 18.3 Å². The summed E-state index contributed by atoms with van der Waals surface area (Å²) >= 11 is 0. The molecule has 1 heterocycles. The molecule has 0 radical (unpaired) electrons. The number of benzene rings is 1. The number of rotatable bonds is 6. The molecule has 6 nitrogen and oxygen atoms in total. The topological polar surface area (TPSA) is 69.6 Å². The minimum absolute atomic E-state index is 0. The normalized spacial score (nSPS) is 11.4. The number of alkyl halides is 3. The van der Waals surface area contributed by atoms with Crippen molar-refractivity contribution >= 4 is 35.8 Å². The van der Waals surface area contributed by atoms with Crippen LogP contribution in [0.1, 0.15) is 21.5 Å².